The number of carbonyl (C=O) groups excluding carboxylic acids is 2. The van der Waals surface area contributed by atoms with Crippen LogP contribution >= 0.6 is 0 Å². The molecule has 0 spiro atoms. The SMILES string of the molecule is CC1CCC(C(=O)c2ccccc2C(=O)OC(C)(C)C)CC1. The van der Waals surface area contributed by atoms with E-state index in [2.05, 4.69) is 6.92 Å². The Hall–Kier alpha value is -1.64. The van der Waals surface area contributed by atoms with E-state index in [0.717, 1.165) is 25.7 Å². The maximum Gasteiger partial charge on any atom is 0.339 e. The fraction of sp³-hybridized carbons (Fsp3) is 0.579. The summed E-state index contributed by atoms with van der Waals surface area (Å²) in [5, 5.41) is 0. The molecule has 1 fully saturated rings. The second-order valence-electron chi connectivity index (χ2n) is 7.37. The molecule has 0 radical (unpaired) electrons. The highest BCUT2D eigenvalue weighted by Gasteiger charge is 2.29. The van der Waals surface area contributed by atoms with Crippen molar-refractivity contribution in [2.75, 3.05) is 0 Å². The van der Waals surface area contributed by atoms with Crippen LogP contribution in [0.1, 0.15) is 74.1 Å². The zero-order valence-electron chi connectivity index (χ0n) is 14.0. The van der Waals surface area contributed by atoms with Gasteiger partial charge in [0.25, 0.3) is 0 Å². The zero-order chi connectivity index (χ0) is 16.3. The Morgan fingerprint density at radius 3 is 2.09 bits per heavy atom. The van der Waals surface area contributed by atoms with Crippen molar-refractivity contribution in [1.29, 1.82) is 0 Å². The van der Waals surface area contributed by atoms with Gasteiger partial charge in [-0.15, -0.1) is 0 Å². The van der Waals surface area contributed by atoms with Crippen LogP contribution in [-0.2, 0) is 4.74 Å². The van der Waals surface area contributed by atoms with E-state index in [1.54, 1.807) is 18.2 Å². The second-order valence-corrected chi connectivity index (χ2v) is 7.37. The van der Waals surface area contributed by atoms with Crippen LogP contribution < -0.4 is 0 Å². The van der Waals surface area contributed by atoms with E-state index in [9.17, 15) is 9.59 Å². The summed E-state index contributed by atoms with van der Waals surface area (Å²) in [4.78, 5) is 25.1. The van der Waals surface area contributed by atoms with Crippen LogP contribution in [0.5, 0.6) is 0 Å². The van der Waals surface area contributed by atoms with Crippen LogP contribution in [0, 0.1) is 11.8 Å². The zero-order valence-corrected chi connectivity index (χ0v) is 14.0. The van der Waals surface area contributed by atoms with Crippen LogP contribution in [0.3, 0.4) is 0 Å². The topological polar surface area (TPSA) is 43.4 Å². The average molecular weight is 302 g/mol. The molecule has 1 aliphatic carbocycles. The van der Waals surface area contributed by atoms with Crippen molar-refractivity contribution >= 4 is 11.8 Å². The predicted molar refractivity (Wildman–Crippen MR) is 87.1 cm³/mol. The summed E-state index contributed by atoms with van der Waals surface area (Å²) in [5.41, 5.74) is 0.338. The molecule has 22 heavy (non-hydrogen) atoms. The lowest BCUT2D eigenvalue weighted by atomic mass is 9.79. The summed E-state index contributed by atoms with van der Waals surface area (Å²) < 4.78 is 5.43. The van der Waals surface area contributed by atoms with Crippen molar-refractivity contribution in [3.8, 4) is 0 Å². The van der Waals surface area contributed by atoms with Gasteiger partial charge in [0.05, 0.1) is 5.56 Å². The second kappa shape index (κ2) is 6.64. The highest BCUT2D eigenvalue weighted by atomic mass is 16.6. The first kappa shape index (κ1) is 16.7. The average Bonchev–Trinajstić information content (AvgIpc) is 2.45. The van der Waals surface area contributed by atoms with Gasteiger partial charge in [-0.05, 0) is 45.6 Å². The molecule has 0 bridgehead atoms. The van der Waals surface area contributed by atoms with Gasteiger partial charge in [0.2, 0.25) is 0 Å². The molecule has 120 valence electrons. The predicted octanol–water partition coefficient (Wildman–Crippen LogP) is 4.65. The molecule has 0 heterocycles. The van der Waals surface area contributed by atoms with Gasteiger partial charge in [-0.2, -0.15) is 0 Å². The highest BCUT2D eigenvalue weighted by Crippen LogP contribution is 2.31. The van der Waals surface area contributed by atoms with Crippen molar-refractivity contribution < 1.29 is 14.3 Å². The first-order valence-electron chi connectivity index (χ1n) is 8.14. The van der Waals surface area contributed by atoms with Crippen molar-refractivity contribution in [1.82, 2.24) is 0 Å². The molecule has 0 N–H and O–H groups in total. The fourth-order valence-corrected chi connectivity index (χ4v) is 2.95. The summed E-state index contributed by atoms with van der Waals surface area (Å²) in [6.07, 6.45) is 4.02. The Morgan fingerprint density at radius 1 is 1.00 bits per heavy atom. The number of esters is 1. The number of hydrogen-bond acceptors (Lipinski definition) is 3. The minimum absolute atomic E-state index is 0.0415. The molecule has 0 saturated heterocycles. The molecule has 0 unspecified atom stereocenters. The first-order chi connectivity index (χ1) is 10.3. The van der Waals surface area contributed by atoms with Gasteiger partial charge in [-0.25, -0.2) is 4.79 Å². The lowest BCUT2D eigenvalue weighted by molar-refractivity contribution is 0.00673. The van der Waals surface area contributed by atoms with E-state index in [1.165, 1.54) is 0 Å². The molecule has 0 aromatic heterocycles. The van der Waals surface area contributed by atoms with Gasteiger partial charge in [0.15, 0.2) is 5.78 Å². The summed E-state index contributed by atoms with van der Waals surface area (Å²) >= 11 is 0. The molecule has 1 aliphatic rings. The molecule has 0 amide bonds. The third-order valence-electron chi connectivity index (χ3n) is 4.20. The van der Waals surface area contributed by atoms with Crippen LogP contribution in [0.2, 0.25) is 0 Å². The fourth-order valence-electron chi connectivity index (χ4n) is 2.95. The Morgan fingerprint density at radius 2 is 1.55 bits per heavy atom. The number of rotatable bonds is 3. The monoisotopic (exact) mass is 302 g/mol. The van der Waals surface area contributed by atoms with Crippen molar-refractivity contribution in [2.45, 2.75) is 59.0 Å². The van der Waals surface area contributed by atoms with Gasteiger partial charge in [0.1, 0.15) is 5.60 Å². The third kappa shape index (κ3) is 4.19. The molecular weight excluding hydrogens is 276 g/mol. The van der Waals surface area contributed by atoms with E-state index >= 15 is 0 Å². The molecule has 0 aliphatic heterocycles. The Bertz CT molecular complexity index is 546. The minimum Gasteiger partial charge on any atom is -0.456 e. The van der Waals surface area contributed by atoms with E-state index in [1.807, 2.05) is 26.8 Å². The van der Waals surface area contributed by atoms with Crippen LogP contribution in [0.15, 0.2) is 24.3 Å². The standard InChI is InChI=1S/C19H26O3/c1-13-9-11-14(12-10-13)17(20)15-7-5-6-8-16(15)18(21)22-19(2,3)4/h5-8,13-14H,9-12H2,1-4H3. The van der Waals surface area contributed by atoms with E-state index in [4.69, 9.17) is 4.74 Å². The number of Topliss-reactive ketones (excluding diaryl/α,β-unsaturated/α-hetero) is 1. The lowest BCUT2D eigenvalue weighted by Crippen LogP contribution is -2.27. The number of benzene rings is 1. The minimum atomic E-state index is -0.562. The normalized spacial score (nSPS) is 22.2. The van der Waals surface area contributed by atoms with Gasteiger partial charge >= 0.3 is 5.97 Å². The van der Waals surface area contributed by atoms with Gasteiger partial charge in [0, 0.05) is 11.5 Å². The number of ether oxygens (including phenoxy) is 1. The summed E-state index contributed by atoms with van der Waals surface area (Å²) in [6.45, 7) is 7.73. The highest BCUT2D eigenvalue weighted by molar-refractivity contribution is 6.07. The molecule has 1 saturated carbocycles. The van der Waals surface area contributed by atoms with E-state index in [0.29, 0.717) is 17.0 Å². The van der Waals surface area contributed by atoms with Crippen molar-refractivity contribution in [3.63, 3.8) is 0 Å². The molecule has 3 heteroatoms. The molecule has 2 rings (SSSR count). The van der Waals surface area contributed by atoms with Crippen LogP contribution in [0.25, 0.3) is 0 Å². The first-order valence-corrected chi connectivity index (χ1v) is 8.14. The van der Waals surface area contributed by atoms with Gasteiger partial charge < -0.3 is 4.74 Å². The Kier molecular flexibility index (Phi) is 5.05. The summed E-state index contributed by atoms with van der Waals surface area (Å²) in [6, 6.07) is 7.03. The number of ketones is 1. The quantitative estimate of drug-likeness (QED) is 0.603. The maximum absolute atomic E-state index is 12.8. The van der Waals surface area contributed by atoms with Gasteiger partial charge in [-0.3, -0.25) is 4.79 Å². The maximum atomic E-state index is 12.8. The smallest absolute Gasteiger partial charge is 0.339 e. The lowest BCUT2D eigenvalue weighted by Gasteiger charge is -2.26. The number of hydrogen-bond donors (Lipinski definition) is 0. The molecule has 1 aromatic rings. The van der Waals surface area contributed by atoms with Crippen LogP contribution in [-0.4, -0.2) is 17.4 Å². The van der Waals surface area contributed by atoms with Crippen LogP contribution in [0.4, 0.5) is 0 Å². The Balaban J connectivity index is 2.21. The summed E-state index contributed by atoms with van der Waals surface area (Å²) in [7, 11) is 0. The third-order valence-corrected chi connectivity index (χ3v) is 4.20. The molecule has 1 aromatic carbocycles. The largest absolute Gasteiger partial charge is 0.456 e. The van der Waals surface area contributed by atoms with E-state index < -0.39 is 11.6 Å². The van der Waals surface area contributed by atoms with Gasteiger partial charge in [-0.1, -0.05) is 38.0 Å². The Labute approximate surface area is 133 Å². The molecular formula is C19H26O3. The number of carbonyl (C=O) groups is 2. The molecule has 0 atom stereocenters. The van der Waals surface area contributed by atoms with E-state index in [-0.39, 0.29) is 11.7 Å². The van der Waals surface area contributed by atoms with Crippen molar-refractivity contribution in [2.24, 2.45) is 11.8 Å². The summed E-state index contributed by atoms with van der Waals surface area (Å²) in [5.74, 6) is 0.416. The molecule has 3 nitrogen and oxygen atoms in total. The van der Waals surface area contributed by atoms with Crippen molar-refractivity contribution in [3.05, 3.63) is 35.4 Å².